The molecule has 2 rings (SSSR count). The van der Waals surface area contributed by atoms with Gasteiger partial charge in [0.25, 0.3) is 0 Å². The summed E-state index contributed by atoms with van der Waals surface area (Å²) in [6, 6.07) is 6.34. The lowest BCUT2D eigenvalue weighted by Crippen LogP contribution is -2.12. The number of thiazole rings is 1. The highest BCUT2D eigenvalue weighted by molar-refractivity contribution is 7.89. The summed E-state index contributed by atoms with van der Waals surface area (Å²) in [6.07, 6.45) is 0. The third-order valence-electron chi connectivity index (χ3n) is 2.17. The summed E-state index contributed by atoms with van der Waals surface area (Å²) < 4.78 is 22.1. The molecular formula is C10H10ClN3O2S2. The minimum atomic E-state index is -3.63. The molecule has 8 heteroatoms. The van der Waals surface area contributed by atoms with Crippen LogP contribution in [0.25, 0.3) is 0 Å². The zero-order chi connectivity index (χ0) is 13.2. The molecule has 0 fully saturated rings. The van der Waals surface area contributed by atoms with Gasteiger partial charge in [-0.2, -0.15) is 0 Å². The van der Waals surface area contributed by atoms with Crippen molar-refractivity contribution in [1.29, 1.82) is 0 Å². The maximum atomic E-state index is 11.1. The van der Waals surface area contributed by atoms with Crippen molar-refractivity contribution in [2.24, 2.45) is 5.14 Å². The summed E-state index contributed by atoms with van der Waals surface area (Å²) in [7, 11) is -3.63. The van der Waals surface area contributed by atoms with Gasteiger partial charge in [-0.15, -0.1) is 11.3 Å². The fourth-order valence-electron chi connectivity index (χ4n) is 1.31. The zero-order valence-corrected chi connectivity index (χ0v) is 11.5. The summed E-state index contributed by atoms with van der Waals surface area (Å²) in [5.41, 5.74) is 0.925. The molecule has 2 aromatic rings. The van der Waals surface area contributed by atoms with Crippen LogP contribution < -0.4 is 10.5 Å². The molecule has 0 aliphatic carbocycles. The molecule has 96 valence electrons. The first kappa shape index (κ1) is 13.3. The molecule has 0 aliphatic heterocycles. The normalized spacial score (nSPS) is 11.4. The molecule has 0 saturated carbocycles. The molecule has 0 radical (unpaired) electrons. The van der Waals surface area contributed by atoms with Crippen molar-refractivity contribution in [2.45, 2.75) is 11.4 Å². The number of nitrogens with one attached hydrogen (secondary N) is 1. The number of anilines is 1. The van der Waals surface area contributed by atoms with E-state index in [9.17, 15) is 8.42 Å². The largest absolute Gasteiger partial charge is 0.357 e. The van der Waals surface area contributed by atoms with Crippen molar-refractivity contribution in [2.75, 3.05) is 5.32 Å². The Kier molecular flexibility index (Phi) is 3.86. The average Bonchev–Trinajstić information content (AvgIpc) is 2.72. The molecule has 0 amide bonds. The van der Waals surface area contributed by atoms with Gasteiger partial charge in [-0.25, -0.2) is 18.5 Å². The van der Waals surface area contributed by atoms with E-state index in [1.54, 1.807) is 17.5 Å². The molecule has 18 heavy (non-hydrogen) atoms. The second-order valence-corrected chi connectivity index (χ2v) is 6.32. The van der Waals surface area contributed by atoms with Gasteiger partial charge in [0.05, 0.1) is 4.90 Å². The second kappa shape index (κ2) is 5.23. The summed E-state index contributed by atoms with van der Waals surface area (Å²) >= 11 is 7.10. The lowest BCUT2D eigenvalue weighted by atomic mass is 10.2. The van der Waals surface area contributed by atoms with Crippen molar-refractivity contribution >= 4 is 38.1 Å². The smallest absolute Gasteiger partial charge is 0.238 e. The Hall–Kier alpha value is -1.15. The SMILES string of the molecule is NS(=O)(=O)c1ccc(CNc2nc(Cl)cs2)cc1. The Bertz CT molecular complexity index is 637. The third-order valence-corrected chi connectivity index (χ3v) is 4.22. The summed E-state index contributed by atoms with van der Waals surface area (Å²) in [5.74, 6) is 0. The van der Waals surface area contributed by atoms with E-state index >= 15 is 0 Å². The van der Waals surface area contributed by atoms with Crippen molar-refractivity contribution in [3.63, 3.8) is 0 Å². The van der Waals surface area contributed by atoms with E-state index in [-0.39, 0.29) is 4.90 Å². The maximum absolute atomic E-state index is 11.1. The van der Waals surface area contributed by atoms with E-state index in [1.807, 2.05) is 0 Å². The first-order valence-electron chi connectivity index (χ1n) is 4.92. The first-order chi connectivity index (χ1) is 8.45. The fourth-order valence-corrected chi connectivity index (χ4v) is 2.66. The lowest BCUT2D eigenvalue weighted by molar-refractivity contribution is 0.598. The number of nitrogens with two attached hydrogens (primary N) is 1. The predicted molar refractivity (Wildman–Crippen MR) is 72.3 cm³/mol. The summed E-state index contributed by atoms with van der Waals surface area (Å²) in [4.78, 5) is 4.14. The van der Waals surface area contributed by atoms with Crippen molar-refractivity contribution in [3.8, 4) is 0 Å². The molecule has 0 atom stereocenters. The van der Waals surface area contributed by atoms with E-state index < -0.39 is 10.0 Å². The monoisotopic (exact) mass is 303 g/mol. The molecule has 3 N–H and O–H groups in total. The first-order valence-corrected chi connectivity index (χ1v) is 7.72. The zero-order valence-electron chi connectivity index (χ0n) is 9.13. The number of aromatic nitrogens is 1. The maximum Gasteiger partial charge on any atom is 0.238 e. The highest BCUT2D eigenvalue weighted by Gasteiger charge is 2.06. The molecule has 0 spiro atoms. The van der Waals surface area contributed by atoms with Crippen LogP contribution in [0.4, 0.5) is 5.13 Å². The number of rotatable bonds is 4. The number of hydrogen-bond donors (Lipinski definition) is 2. The molecule has 0 bridgehead atoms. The predicted octanol–water partition coefficient (Wildman–Crippen LogP) is 2.06. The number of primary sulfonamides is 1. The van der Waals surface area contributed by atoms with Gasteiger partial charge < -0.3 is 5.32 Å². The Morgan fingerprint density at radius 1 is 1.33 bits per heavy atom. The van der Waals surface area contributed by atoms with Gasteiger partial charge in [-0.3, -0.25) is 0 Å². The third kappa shape index (κ3) is 3.42. The fraction of sp³-hybridized carbons (Fsp3) is 0.100. The van der Waals surface area contributed by atoms with Crippen LogP contribution in [0.1, 0.15) is 5.56 Å². The van der Waals surface area contributed by atoms with E-state index in [4.69, 9.17) is 16.7 Å². The van der Waals surface area contributed by atoms with Crippen LogP contribution in [-0.4, -0.2) is 13.4 Å². The number of halogens is 1. The Morgan fingerprint density at radius 3 is 2.50 bits per heavy atom. The van der Waals surface area contributed by atoms with E-state index in [1.165, 1.54) is 23.5 Å². The van der Waals surface area contributed by atoms with E-state index in [0.717, 1.165) is 10.7 Å². The number of nitrogens with zero attached hydrogens (tertiary/aromatic N) is 1. The van der Waals surface area contributed by atoms with Crippen LogP contribution in [0, 0.1) is 0 Å². The Labute approximate surface area is 114 Å². The van der Waals surface area contributed by atoms with Crippen molar-refractivity contribution in [3.05, 3.63) is 40.4 Å². The van der Waals surface area contributed by atoms with Crippen LogP contribution in [0.2, 0.25) is 5.15 Å². The minimum Gasteiger partial charge on any atom is -0.357 e. The van der Waals surface area contributed by atoms with Crippen LogP contribution in [-0.2, 0) is 16.6 Å². The molecule has 1 aromatic carbocycles. The quantitative estimate of drug-likeness (QED) is 0.905. The van der Waals surface area contributed by atoms with E-state index in [0.29, 0.717) is 11.7 Å². The molecule has 0 saturated heterocycles. The van der Waals surface area contributed by atoms with Crippen LogP contribution in [0.15, 0.2) is 34.5 Å². The highest BCUT2D eigenvalue weighted by atomic mass is 35.5. The lowest BCUT2D eigenvalue weighted by Gasteiger charge is -2.04. The number of sulfonamides is 1. The Morgan fingerprint density at radius 2 is 2.00 bits per heavy atom. The number of benzene rings is 1. The van der Waals surface area contributed by atoms with Crippen molar-refractivity contribution < 1.29 is 8.42 Å². The van der Waals surface area contributed by atoms with Crippen LogP contribution in [0.3, 0.4) is 0 Å². The van der Waals surface area contributed by atoms with Gasteiger partial charge in [-0.05, 0) is 17.7 Å². The molecule has 5 nitrogen and oxygen atoms in total. The van der Waals surface area contributed by atoms with E-state index in [2.05, 4.69) is 10.3 Å². The molecule has 1 heterocycles. The van der Waals surface area contributed by atoms with Crippen LogP contribution in [0.5, 0.6) is 0 Å². The Balaban J connectivity index is 2.03. The summed E-state index contributed by atoms with van der Waals surface area (Å²) in [5, 5.41) is 11.0. The van der Waals surface area contributed by atoms with Gasteiger partial charge in [0.15, 0.2) is 5.13 Å². The average molecular weight is 304 g/mol. The van der Waals surface area contributed by atoms with Gasteiger partial charge in [-0.1, -0.05) is 23.7 Å². The highest BCUT2D eigenvalue weighted by Crippen LogP contribution is 2.19. The molecule has 0 unspecified atom stereocenters. The minimum absolute atomic E-state index is 0.101. The molecular weight excluding hydrogens is 294 g/mol. The van der Waals surface area contributed by atoms with Crippen molar-refractivity contribution in [1.82, 2.24) is 4.98 Å². The second-order valence-electron chi connectivity index (χ2n) is 3.52. The summed E-state index contributed by atoms with van der Waals surface area (Å²) in [6.45, 7) is 0.536. The molecule has 0 aliphatic rings. The van der Waals surface area contributed by atoms with Gasteiger partial charge in [0.1, 0.15) is 5.15 Å². The van der Waals surface area contributed by atoms with Crippen LogP contribution >= 0.6 is 22.9 Å². The van der Waals surface area contributed by atoms with Gasteiger partial charge in [0.2, 0.25) is 10.0 Å². The van der Waals surface area contributed by atoms with Gasteiger partial charge >= 0.3 is 0 Å². The van der Waals surface area contributed by atoms with Gasteiger partial charge in [0, 0.05) is 11.9 Å². The standard InChI is InChI=1S/C10H10ClN3O2S2/c11-9-6-17-10(14-9)13-5-7-1-3-8(4-2-7)18(12,15)16/h1-4,6H,5H2,(H,13,14)(H2,12,15,16). The topological polar surface area (TPSA) is 85.1 Å². The number of hydrogen-bond acceptors (Lipinski definition) is 5. The molecule has 1 aromatic heterocycles.